The molecule has 1 N–H and O–H groups in total. The van der Waals surface area contributed by atoms with Crippen LogP contribution in [0.15, 0.2) is 17.0 Å². The molecule has 1 aromatic rings. The number of aliphatic hydroxyl groups excluding tert-OH is 1. The molecule has 16 heavy (non-hydrogen) atoms. The monoisotopic (exact) mass is 247 g/mol. The quantitative estimate of drug-likeness (QED) is 0.862. The summed E-state index contributed by atoms with van der Waals surface area (Å²) >= 11 is 0. The maximum atomic E-state index is 13.4. The maximum Gasteiger partial charge on any atom is 0.242 e. The third-order valence-electron chi connectivity index (χ3n) is 2.30. The summed E-state index contributed by atoms with van der Waals surface area (Å²) in [7, 11) is -0.934. The second kappa shape index (κ2) is 4.48. The molecule has 0 saturated carbocycles. The summed E-state index contributed by atoms with van der Waals surface area (Å²) in [5.74, 6) is -0.632. The van der Waals surface area contributed by atoms with Crippen molar-refractivity contribution in [1.29, 1.82) is 0 Å². The molecule has 6 heteroatoms. The summed E-state index contributed by atoms with van der Waals surface area (Å²) in [6, 6.07) is 2.41. The fraction of sp³-hybridized carbons (Fsp3) is 0.400. The topological polar surface area (TPSA) is 57.6 Å². The van der Waals surface area contributed by atoms with Crippen molar-refractivity contribution in [3.05, 3.63) is 29.1 Å². The molecule has 0 amide bonds. The van der Waals surface area contributed by atoms with Crippen LogP contribution >= 0.6 is 0 Å². The third-order valence-corrected chi connectivity index (χ3v) is 4.24. The summed E-state index contributed by atoms with van der Waals surface area (Å²) in [4.78, 5) is -0.110. The van der Waals surface area contributed by atoms with Gasteiger partial charge < -0.3 is 5.11 Å². The van der Waals surface area contributed by atoms with Crippen molar-refractivity contribution in [3.8, 4) is 0 Å². The second-order valence-electron chi connectivity index (χ2n) is 3.65. The number of sulfonamides is 1. The molecule has 90 valence electrons. The molecule has 0 bridgehead atoms. The minimum Gasteiger partial charge on any atom is -0.392 e. The smallest absolute Gasteiger partial charge is 0.242 e. The summed E-state index contributed by atoms with van der Waals surface area (Å²) in [6.45, 7) is 1.00. The Morgan fingerprint density at radius 2 is 1.94 bits per heavy atom. The van der Waals surface area contributed by atoms with E-state index >= 15 is 0 Å². The Kier molecular flexibility index (Phi) is 3.67. The van der Waals surface area contributed by atoms with Crippen LogP contribution in [0.3, 0.4) is 0 Å². The number of nitrogens with zero attached hydrogens (tertiary/aromatic N) is 1. The van der Waals surface area contributed by atoms with Gasteiger partial charge in [-0.25, -0.2) is 17.1 Å². The van der Waals surface area contributed by atoms with E-state index in [2.05, 4.69) is 0 Å². The van der Waals surface area contributed by atoms with E-state index < -0.39 is 22.4 Å². The van der Waals surface area contributed by atoms with Crippen molar-refractivity contribution < 1.29 is 17.9 Å². The largest absolute Gasteiger partial charge is 0.392 e. The van der Waals surface area contributed by atoms with Gasteiger partial charge in [-0.3, -0.25) is 0 Å². The van der Waals surface area contributed by atoms with E-state index in [1.54, 1.807) is 0 Å². The Balaban J connectivity index is 3.51. The average Bonchev–Trinajstić information content (AvgIpc) is 2.21. The van der Waals surface area contributed by atoms with E-state index in [4.69, 9.17) is 5.11 Å². The van der Waals surface area contributed by atoms with Crippen LogP contribution in [0.2, 0.25) is 0 Å². The Morgan fingerprint density at radius 3 is 2.38 bits per heavy atom. The molecule has 0 aliphatic heterocycles. The van der Waals surface area contributed by atoms with Crippen LogP contribution in [0.25, 0.3) is 0 Å². The molecule has 0 atom stereocenters. The first kappa shape index (κ1) is 13.1. The predicted molar refractivity (Wildman–Crippen MR) is 57.9 cm³/mol. The van der Waals surface area contributed by atoms with Gasteiger partial charge in [-0.2, -0.15) is 0 Å². The molecule has 0 heterocycles. The van der Waals surface area contributed by atoms with Gasteiger partial charge in [0.2, 0.25) is 10.0 Å². The number of hydrogen-bond donors (Lipinski definition) is 1. The zero-order chi connectivity index (χ0) is 12.5. The normalized spacial score (nSPS) is 12.1. The number of aliphatic hydroxyl groups is 1. The van der Waals surface area contributed by atoms with Crippen molar-refractivity contribution in [2.24, 2.45) is 0 Å². The van der Waals surface area contributed by atoms with Crippen molar-refractivity contribution in [2.75, 3.05) is 14.1 Å². The standard InChI is InChI=1S/C10H14FNO3S/c1-7-9(11)4-8(6-13)5-10(7)16(14,15)12(2)3/h4-5,13H,6H2,1-3H3. The van der Waals surface area contributed by atoms with Crippen LogP contribution in [0, 0.1) is 12.7 Å². The van der Waals surface area contributed by atoms with Gasteiger partial charge in [0.1, 0.15) is 5.82 Å². The molecule has 0 aliphatic carbocycles. The lowest BCUT2D eigenvalue weighted by molar-refractivity contribution is 0.281. The molecule has 1 rings (SSSR count). The van der Waals surface area contributed by atoms with Crippen LogP contribution < -0.4 is 0 Å². The number of rotatable bonds is 3. The Bertz CT molecular complexity index is 497. The molecular formula is C10H14FNO3S. The zero-order valence-electron chi connectivity index (χ0n) is 9.36. The number of hydrogen-bond acceptors (Lipinski definition) is 3. The Hall–Kier alpha value is -0.980. The highest BCUT2D eigenvalue weighted by Crippen LogP contribution is 2.22. The first-order chi connectivity index (χ1) is 7.30. The number of benzene rings is 1. The van der Waals surface area contributed by atoms with Crippen molar-refractivity contribution in [1.82, 2.24) is 4.31 Å². The molecule has 0 radical (unpaired) electrons. The van der Waals surface area contributed by atoms with Gasteiger partial charge >= 0.3 is 0 Å². The summed E-state index contributed by atoms with van der Waals surface area (Å²) < 4.78 is 38.1. The lowest BCUT2D eigenvalue weighted by Gasteiger charge is -2.14. The lowest BCUT2D eigenvalue weighted by atomic mass is 10.1. The van der Waals surface area contributed by atoms with E-state index in [9.17, 15) is 12.8 Å². The highest BCUT2D eigenvalue weighted by molar-refractivity contribution is 7.89. The molecular weight excluding hydrogens is 233 g/mol. The van der Waals surface area contributed by atoms with Crippen LogP contribution in [-0.4, -0.2) is 31.9 Å². The Labute approximate surface area is 94.4 Å². The van der Waals surface area contributed by atoms with Crippen LogP contribution in [0.5, 0.6) is 0 Å². The zero-order valence-corrected chi connectivity index (χ0v) is 10.2. The molecule has 0 aliphatic rings. The van der Waals surface area contributed by atoms with Crippen molar-refractivity contribution in [2.45, 2.75) is 18.4 Å². The fourth-order valence-corrected chi connectivity index (χ4v) is 2.44. The van der Waals surface area contributed by atoms with Crippen molar-refractivity contribution in [3.63, 3.8) is 0 Å². The second-order valence-corrected chi connectivity index (χ2v) is 5.77. The molecule has 0 fully saturated rings. The van der Waals surface area contributed by atoms with Gasteiger partial charge in [-0.15, -0.1) is 0 Å². The molecule has 0 saturated heterocycles. The summed E-state index contributed by atoms with van der Waals surface area (Å²) in [6.07, 6.45) is 0. The predicted octanol–water partition coefficient (Wildman–Crippen LogP) is 0.877. The average molecular weight is 247 g/mol. The van der Waals surface area contributed by atoms with Gasteiger partial charge in [0.05, 0.1) is 11.5 Å². The molecule has 0 unspecified atom stereocenters. The van der Waals surface area contributed by atoms with Crippen LogP contribution in [0.1, 0.15) is 11.1 Å². The van der Waals surface area contributed by atoms with E-state index in [0.29, 0.717) is 0 Å². The van der Waals surface area contributed by atoms with Crippen LogP contribution in [-0.2, 0) is 16.6 Å². The summed E-state index contributed by atoms with van der Waals surface area (Å²) in [5, 5.41) is 8.91. The lowest BCUT2D eigenvalue weighted by Crippen LogP contribution is -2.23. The first-order valence-electron chi connectivity index (χ1n) is 4.63. The minimum atomic E-state index is -3.68. The van der Waals surface area contributed by atoms with Crippen molar-refractivity contribution >= 4 is 10.0 Å². The van der Waals surface area contributed by atoms with Gasteiger partial charge in [0.25, 0.3) is 0 Å². The van der Waals surface area contributed by atoms with Gasteiger partial charge in [0, 0.05) is 19.7 Å². The molecule has 1 aromatic carbocycles. The van der Waals surface area contributed by atoms with Crippen LogP contribution in [0.4, 0.5) is 4.39 Å². The van der Waals surface area contributed by atoms with E-state index in [0.717, 1.165) is 10.4 Å². The van der Waals surface area contributed by atoms with Gasteiger partial charge in [0.15, 0.2) is 0 Å². The van der Waals surface area contributed by atoms with E-state index in [1.165, 1.54) is 27.1 Å². The third kappa shape index (κ3) is 2.23. The SMILES string of the molecule is Cc1c(F)cc(CO)cc1S(=O)(=O)N(C)C. The first-order valence-corrected chi connectivity index (χ1v) is 6.07. The highest BCUT2D eigenvalue weighted by atomic mass is 32.2. The van der Waals surface area contributed by atoms with E-state index in [1.807, 2.05) is 0 Å². The van der Waals surface area contributed by atoms with Gasteiger partial charge in [-0.05, 0) is 24.6 Å². The highest BCUT2D eigenvalue weighted by Gasteiger charge is 2.22. The summed E-state index contributed by atoms with van der Waals surface area (Å²) in [5.41, 5.74) is 0.300. The molecule has 0 aromatic heterocycles. The van der Waals surface area contributed by atoms with E-state index in [-0.39, 0.29) is 16.0 Å². The molecule has 0 spiro atoms. The Morgan fingerprint density at radius 1 is 1.38 bits per heavy atom. The fourth-order valence-electron chi connectivity index (χ4n) is 1.26. The van der Waals surface area contributed by atoms with Gasteiger partial charge in [-0.1, -0.05) is 0 Å². The molecule has 4 nitrogen and oxygen atoms in total. The maximum absolute atomic E-state index is 13.4. The minimum absolute atomic E-state index is 0.0610. The number of halogens is 1.